The zero-order chi connectivity index (χ0) is 30.7. The number of unbranched alkanes of at least 4 members (excludes halogenated alkanes) is 16. The molecule has 0 aromatic carbocycles. The molecule has 9 nitrogen and oxygen atoms in total. The first-order valence-corrected chi connectivity index (χ1v) is 17.7. The molecule has 5 N–H and O–H groups in total. The van der Waals surface area contributed by atoms with Gasteiger partial charge in [0.2, 0.25) is 5.85 Å². The molecule has 0 aliphatic rings. The summed E-state index contributed by atoms with van der Waals surface area (Å²) in [6, 6.07) is -0.0199. The lowest BCUT2D eigenvalue weighted by molar-refractivity contribution is -0.872. The summed E-state index contributed by atoms with van der Waals surface area (Å²) < 4.78 is 10.8. The predicted octanol–water partition coefficient (Wildman–Crippen LogP) is 6.24. The van der Waals surface area contributed by atoms with Crippen LogP contribution in [0.25, 0.3) is 0 Å². The van der Waals surface area contributed by atoms with E-state index in [2.05, 4.69) is 19.2 Å². The topological polar surface area (TPSA) is 130 Å². The van der Waals surface area contributed by atoms with Gasteiger partial charge in [0.15, 0.2) is 0 Å². The largest absolute Gasteiger partial charge is 0.395 e. The van der Waals surface area contributed by atoms with Crippen LogP contribution in [0.4, 0.5) is 4.79 Å². The summed E-state index contributed by atoms with van der Waals surface area (Å²) in [6.07, 6.45) is 23.8. The van der Waals surface area contributed by atoms with Gasteiger partial charge in [-0.05, 0) is 12.8 Å². The number of aliphatic hydroxyl groups excluding tert-OH is 2. The van der Waals surface area contributed by atoms with E-state index in [1.807, 2.05) is 0 Å². The first kappa shape index (κ1) is 41.4. The maximum Gasteiger partial charge on any atom is 0.359 e. The monoisotopic (exact) mass is 596 g/mol. The highest BCUT2D eigenvalue weighted by Gasteiger charge is 2.31. The van der Waals surface area contributed by atoms with Crippen molar-refractivity contribution in [1.82, 2.24) is 10.2 Å². The molecule has 40 heavy (non-hydrogen) atoms. The zero-order valence-corrected chi connectivity index (χ0v) is 27.7. The number of amides is 2. The van der Waals surface area contributed by atoms with Crippen LogP contribution in [-0.2, 0) is 4.57 Å². The maximum atomic E-state index is 12.1. The molecule has 1 atom stereocenters. The molecule has 0 bridgehead atoms. The Bertz CT molecular complexity index is 613. The van der Waals surface area contributed by atoms with Gasteiger partial charge < -0.3 is 34.7 Å². The third kappa shape index (κ3) is 30.3. The van der Waals surface area contributed by atoms with Crippen LogP contribution >= 0.6 is 7.60 Å². The third-order valence-electron chi connectivity index (χ3n) is 6.84. The van der Waals surface area contributed by atoms with E-state index >= 15 is 0 Å². The number of hydrogen-bond donors (Lipinski definition) is 5. The number of quaternary nitrogens is 1. The average Bonchev–Trinajstić information content (AvgIpc) is 2.86. The molecule has 10 heteroatoms. The van der Waals surface area contributed by atoms with Crippen molar-refractivity contribution in [1.29, 1.82) is 0 Å². The molecule has 0 aliphatic carbocycles. The van der Waals surface area contributed by atoms with Gasteiger partial charge in [-0.25, -0.2) is 4.79 Å². The minimum absolute atomic E-state index is 0.0199. The summed E-state index contributed by atoms with van der Waals surface area (Å²) in [7, 11) is 0.933. The Morgan fingerprint density at radius 2 is 1.12 bits per heavy atom. The average molecular weight is 597 g/mol. The maximum absolute atomic E-state index is 12.1. The van der Waals surface area contributed by atoms with Crippen molar-refractivity contribution in [2.24, 2.45) is 0 Å². The van der Waals surface area contributed by atoms with Crippen LogP contribution in [0.2, 0.25) is 0 Å². The molecule has 0 heterocycles. The second-order valence-electron chi connectivity index (χ2n) is 12.1. The summed E-state index contributed by atoms with van der Waals surface area (Å²) in [4.78, 5) is 30.9. The molecular formula is C30H67N3O6P+. The van der Waals surface area contributed by atoms with Gasteiger partial charge in [0.05, 0.1) is 27.7 Å². The van der Waals surface area contributed by atoms with Crippen LogP contribution in [0.1, 0.15) is 129 Å². The Balaban J connectivity index is 0. The minimum atomic E-state index is -4.31. The van der Waals surface area contributed by atoms with Crippen LogP contribution in [0.15, 0.2) is 0 Å². The smallest absolute Gasteiger partial charge is 0.359 e. The van der Waals surface area contributed by atoms with E-state index in [4.69, 9.17) is 14.9 Å². The molecule has 0 rings (SSSR count). The highest BCUT2D eigenvalue weighted by Crippen LogP contribution is 2.39. The SMILES string of the molecule is CCCCCCCCCCCCCCCCCCN(CCO)C(=O)NCCCC.C[N+](C)(C)CC(O)P(=O)(O)O. The first-order valence-electron chi connectivity index (χ1n) is 16.1. The van der Waals surface area contributed by atoms with E-state index in [-0.39, 0.29) is 19.2 Å². The highest BCUT2D eigenvalue weighted by molar-refractivity contribution is 7.52. The van der Waals surface area contributed by atoms with Crippen LogP contribution < -0.4 is 5.32 Å². The Hall–Kier alpha value is -0.700. The van der Waals surface area contributed by atoms with Crippen LogP contribution in [0.5, 0.6) is 0 Å². The Morgan fingerprint density at radius 3 is 1.45 bits per heavy atom. The zero-order valence-electron chi connectivity index (χ0n) is 26.8. The number of nitrogens with zero attached hydrogens (tertiary/aromatic N) is 2. The molecule has 0 radical (unpaired) electrons. The van der Waals surface area contributed by atoms with Gasteiger partial charge in [0.1, 0.15) is 6.54 Å². The number of nitrogens with one attached hydrogen (secondary N) is 1. The number of rotatable bonds is 25. The molecule has 1 unspecified atom stereocenters. The van der Waals surface area contributed by atoms with E-state index < -0.39 is 13.4 Å². The van der Waals surface area contributed by atoms with Crippen LogP contribution in [0.3, 0.4) is 0 Å². The Labute approximate surface area is 246 Å². The fourth-order valence-electron chi connectivity index (χ4n) is 4.37. The molecule has 0 aromatic heterocycles. The van der Waals surface area contributed by atoms with Crippen molar-refractivity contribution in [2.75, 3.05) is 53.9 Å². The van der Waals surface area contributed by atoms with Gasteiger partial charge in [-0.15, -0.1) is 0 Å². The van der Waals surface area contributed by atoms with E-state index in [1.165, 1.54) is 96.3 Å². The summed E-state index contributed by atoms with van der Waals surface area (Å²) in [5.74, 6) is -1.55. The predicted molar refractivity (Wildman–Crippen MR) is 167 cm³/mol. The molecule has 0 spiro atoms. The van der Waals surface area contributed by atoms with Gasteiger partial charge in [0.25, 0.3) is 0 Å². The van der Waals surface area contributed by atoms with Crippen molar-refractivity contribution in [2.45, 2.75) is 135 Å². The number of carbonyl (C=O) groups excluding carboxylic acids is 1. The van der Waals surface area contributed by atoms with Crippen molar-refractivity contribution in [3.05, 3.63) is 0 Å². The van der Waals surface area contributed by atoms with Crippen LogP contribution in [-0.4, -0.2) is 95.2 Å². The van der Waals surface area contributed by atoms with Crippen LogP contribution in [0, 0.1) is 0 Å². The number of hydrogen-bond acceptors (Lipinski definition) is 4. The standard InChI is InChI=1S/C25H52N2O2.C5H14NO4P/c1-3-5-7-8-9-10-11-12-13-14-15-16-17-18-19-20-22-27(23-24-28)25(29)26-21-6-4-2;1-6(2,3)4-5(7)11(8,9)10/h28H,3-24H2,1-2H3,(H,26,29);5,7H,4H2,1-3H3,(H-,8,9,10)/p+1. The second kappa shape index (κ2) is 27.2. The lowest BCUT2D eigenvalue weighted by Gasteiger charge is -2.26. The fourth-order valence-corrected chi connectivity index (χ4v) is 5.07. The molecule has 0 saturated carbocycles. The molecular weight excluding hydrogens is 529 g/mol. The highest BCUT2D eigenvalue weighted by atomic mass is 31.2. The first-order chi connectivity index (χ1) is 18.9. The minimum Gasteiger partial charge on any atom is -0.395 e. The van der Waals surface area contributed by atoms with Crippen molar-refractivity contribution in [3.63, 3.8) is 0 Å². The number of urea groups is 1. The lowest BCUT2D eigenvalue weighted by atomic mass is 10.0. The summed E-state index contributed by atoms with van der Waals surface area (Å²) in [5, 5.41) is 21.1. The Morgan fingerprint density at radius 1 is 0.725 bits per heavy atom. The van der Waals surface area contributed by atoms with Gasteiger partial charge in [-0.2, -0.15) is 0 Å². The molecule has 0 fully saturated rings. The molecule has 0 saturated heterocycles. The van der Waals surface area contributed by atoms with E-state index in [9.17, 15) is 14.5 Å². The summed E-state index contributed by atoms with van der Waals surface area (Å²) in [6.45, 7) is 6.42. The van der Waals surface area contributed by atoms with E-state index in [1.54, 1.807) is 26.0 Å². The molecule has 2 amide bonds. The summed E-state index contributed by atoms with van der Waals surface area (Å²) in [5.41, 5.74) is 0. The summed E-state index contributed by atoms with van der Waals surface area (Å²) >= 11 is 0. The van der Waals surface area contributed by atoms with Gasteiger partial charge in [-0.1, -0.05) is 117 Å². The molecule has 0 aliphatic heterocycles. The lowest BCUT2D eigenvalue weighted by Crippen LogP contribution is -2.42. The number of carbonyl (C=O) groups is 1. The van der Waals surface area contributed by atoms with Gasteiger partial charge in [-0.3, -0.25) is 4.57 Å². The number of aliphatic hydroxyl groups is 2. The Kier molecular flexibility index (Phi) is 28.1. The molecule has 242 valence electrons. The van der Waals surface area contributed by atoms with Crippen molar-refractivity contribution < 1.29 is 33.8 Å². The molecule has 0 aromatic rings. The number of likely N-dealkylation sites (N-methyl/N-ethyl adjacent to an activating group) is 1. The van der Waals surface area contributed by atoms with Gasteiger partial charge >= 0.3 is 13.6 Å². The quantitative estimate of drug-likeness (QED) is 0.0482. The third-order valence-corrected chi connectivity index (χ3v) is 7.78. The van der Waals surface area contributed by atoms with E-state index in [0.29, 0.717) is 11.0 Å². The van der Waals surface area contributed by atoms with Crippen molar-refractivity contribution >= 4 is 13.6 Å². The van der Waals surface area contributed by atoms with E-state index in [0.717, 1.165) is 32.4 Å². The second-order valence-corrected chi connectivity index (χ2v) is 13.9. The fraction of sp³-hybridized carbons (Fsp3) is 0.967. The van der Waals surface area contributed by atoms with Crippen molar-refractivity contribution in [3.8, 4) is 0 Å². The normalized spacial score (nSPS) is 12.5. The van der Waals surface area contributed by atoms with Gasteiger partial charge in [0, 0.05) is 19.6 Å².